The largest absolute Gasteiger partial charge is 0.360 e. The molecule has 0 amide bonds. The zero-order chi connectivity index (χ0) is 6.10. The third kappa shape index (κ3) is 0.867. The number of hydrogen-bond donors (Lipinski definition) is 2. The lowest BCUT2D eigenvalue weighted by molar-refractivity contribution is 1.41. The van der Waals surface area contributed by atoms with E-state index in [-0.39, 0.29) is 6.15 Å². The predicted molar refractivity (Wildman–Crippen MR) is 41.1 cm³/mol. The number of nitrogens with one attached hydrogen (secondary N) is 1. The fourth-order valence-electron chi connectivity index (χ4n) is 0.883. The number of rotatable bonds is 0. The van der Waals surface area contributed by atoms with Gasteiger partial charge in [-0.05, 0) is 18.2 Å². The first-order chi connectivity index (χ1) is 4.47. The molecule has 0 saturated carbocycles. The molecule has 0 aliphatic rings. The van der Waals surface area contributed by atoms with E-state index in [4.69, 9.17) is 0 Å². The zero-order valence-electron chi connectivity index (χ0n) is 5.54. The second-order valence-electron chi connectivity index (χ2n) is 1.91. The van der Waals surface area contributed by atoms with E-state index in [1.165, 1.54) is 0 Å². The molecule has 0 saturated heterocycles. The maximum Gasteiger partial charge on any atom is 0.0878 e. The molecular weight excluding hydrogens is 126 g/mol. The van der Waals surface area contributed by atoms with Crippen molar-refractivity contribution in [2.45, 2.75) is 0 Å². The summed E-state index contributed by atoms with van der Waals surface area (Å²) in [4.78, 5) is 7.17. The Bertz CT molecular complexity index is 283. The van der Waals surface area contributed by atoms with Crippen molar-refractivity contribution < 1.29 is 0 Å². The number of pyridine rings is 1. The van der Waals surface area contributed by atoms with Crippen LogP contribution in [-0.4, -0.2) is 9.97 Å². The third-order valence-corrected chi connectivity index (χ3v) is 1.32. The first-order valence-electron chi connectivity index (χ1n) is 2.85. The molecule has 2 aromatic heterocycles. The van der Waals surface area contributed by atoms with Crippen LogP contribution in [-0.2, 0) is 0 Å². The van der Waals surface area contributed by atoms with Crippen molar-refractivity contribution in [2.24, 2.45) is 0 Å². The number of aromatic nitrogens is 2. The van der Waals surface area contributed by atoms with Crippen molar-refractivity contribution in [3.63, 3.8) is 0 Å². The van der Waals surface area contributed by atoms with E-state index in [0.717, 1.165) is 11.0 Å². The van der Waals surface area contributed by atoms with E-state index in [2.05, 4.69) is 9.97 Å². The second-order valence-corrected chi connectivity index (χ2v) is 1.91. The molecule has 3 nitrogen and oxygen atoms in total. The van der Waals surface area contributed by atoms with E-state index in [0.29, 0.717) is 0 Å². The molecule has 0 bridgehead atoms. The molecule has 0 unspecified atom stereocenters. The van der Waals surface area contributed by atoms with Crippen molar-refractivity contribution in [2.75, 3.05) is 0 Å². The van der Waals surface area contributed by atoms with Gasteiger partial charge in [0.25, 0.3) is 0 Å². The van der Waals surface area contributed by atoms with Gasteiger partial charge in [0.15, 0.2) is 0 Å². The van der Waals surface area contributed by atoms with Crippen molar-refractivity contribution >= 4 is 11.0 Å². The molecule has 2 rings (SSSR count). The SMILES string of the molecule is N.c1cnc2cc[nH]c2c1. The van der Waals surface area contributed by atoms with Crippen LogP contribution in [0.25, 0.3) is 11.0 Å². The minimum Gasteiger partial charge on any atom is -0.360 e. The molecule has 3 heteroatoms. The highest BCUT2D eigenvalue weighted by Gasteiger charge is 1.88. The Balaban J connectivity index is 0.000000500. The maximum absolute atomic E-state index is 4.11. The van der Waals surface area contributed by atoms with Gasteiger partial charge in [0.1, 0.15) is 0 Å². The average Bonchev–Trinajstić information content (AvgIpc) is 2.33. The van der Waals surface area contributed by atoms with E-state index >= 15 is 0 Å². The van der Waals surface area contributed by atoms with Crippen LogP contribution >= 0.6 is 0 Å². The lowest BCUT2D eigenvalue weighted by Gasteiger charge is -1.82. The summed E-state index contributed by atoms with van der Waals surface area (Å²) in [5, 5.41) is 0. The average molecular weight is 135 g/mol. The molecule has 0 aliphatic heterocycles. The smallest absolute Gasteiger partial charge is 0.0878 e. The summed E-state index contributed by atoms with van der Waals surface area (Å²) in [5.41, 5.74) is 2.12. The van der Waals surface area contributed by atoms with E-state index in [1.54, 1.807) is 6.20 Å². The summed E-state index contributed by atoms with van der Waals surface area (Å²) >= 11 is 0. The Labute approximate surface area is 58.7 Å². The highest BCUT2D eigenvalue weighted by molar-refractivity contribution is 5.73. The van der Waals surface area contributed by atoms with Gasteiger partial charge in [-0.25, -0.2) is 0 Å². The van der Waals surface area contributed by atoms with Crippen LogP contribution in [0.4, 0.5) is 0 Å². The monoisotopic (exact) mass is 135 g/mol. The topological polar surface area (TPSA) is 63.7 Å². The molecule has 0 fully saturated rings. The Morgan fingerprint density at radius 2 is 2.20 bits per heavy atom. The van der Waals surface area contributed by atoms with Gasteiger partial charge in [-0.2, -0.15) is 0 Å². The summed E-state index contributed by atoms with van der Waals surface area (Å²) in [6.07, 6.45) is 3.67. The Hall–Kier alpha value is -1.35. The molecule has 0 aromatic carbocycles. The molecule has 0 aliphatic carbocycles. The van der Waals surface area contributed by atoms with Gasteiger partial charge in [0, 0.05) is 12.4 Å². The first-order valence-corrected chi connectivity index (χ1v) is 2.85. The fraction of sp³-hybridized carbons (Fsp3) is 0. The Morgan fingerprint density at radius 1 is 1.30 bits per heavy atom. The van der Waals surface area contributed by atoms with Gasteiger partial charge in [0.05, 0.1) is 11.0 Å². The molecule has 0 radical (unpaired) electrons. The van der Waals surface area contributed by atoms with Crippen LogP contribution in [0.15, 0.2) is 30.6 Å². The Morgan fingerprint density at radius 3 is 3.00 bits per heavy atom. The lowest BCUT2D eigenvalue weighted by atomic mass is 10.4. The Kier molecular flexibility index (Phi) is 1.69. The first kappa shape index (κ1) is 6.77. The number of H-pyrrole nitrogens is 1. The summed E-state index contributed by atoms with van der Waals surface area (Å²) < 4.78 is 0. The van der Waals surface area contributed by atoms with Gasteiger partial charge < -0.3 is 11.1 Å². The summed E-state index contributed by atoms with van der Waals surface area (Å²) in [6.45, 7) is 0. The van der Waals surface area contributed by atoms with Crippen LogP contribution in [0.1, 0.15) is 0 Å². The molecule has 0 spiro atoms. The summed E-state index contributed by atoms with van der Waals surface area (Å²) in [5.74, 6) is 0. The van der Waals surface area contributed by atoms with Gasteiger partial charge in [-0.15, -0.1) is 0 Å². The third-order valence-electron chi connectivity index (χ3n) is 1.32. The molecule has 2 heterocycles. The van der Waals surface area contributed by atoms with E-state index in [1.807, 2.05) is 24.4 Å². The standard InChI is InChI=1S/C7H6N2.H3N/c1-2-6-7(8-4-1)3-5-9-6;/h1-5,9H;1H3. The quantitative estimate of drug-likeness (QED) is 0.577. The van der Waals surface area contributed by atoms with Gasteiger partial charge >= 0.3 is 0 Å². The van der Waals surface area contributed by atoms with Crippen LogP contribution < -0.4 is 6.15 Å². The highest BCUT2D eigenvalue weighted by Crippen LogP contribution is 2.05. The molecule has 52 valence electrons. The molecule has 4 N–H and O–H groups in total. The number of nitrogens with zero attached hydrogens (tertiary/aromatic N) is 1. The highest BCUT2D eigenvalue weighted by atomic mass is 14.7. The van der Waals surface area contributed by atoms with Gasteiger partial charge in [-0.3, -0.25) is 4.98 Å². The van der Waals surface area contributed by atoms with E-state index in [9.17, 15) is 0 Å². The molecule has 2 aromatic rings. The molecule has 10 heavy (non-hydrogen) atoms. The minimum absolute atomic E-state index is 0. The number of hydrogen-bond acceptors (Lipinski definition) is 2. The van der Waals surface area contributed by atoms with Crippen molar-refractivity contribution in [1.82, 2.24) is 16.1 Å². The van der Waals surface area contributed by atoms with Crippen molar-refractivity contribution in [1.29, 1.82) is 0 Å². The second kappa shape index (κ2) is 2.49. The molecular formula is C7H9N3. The normalized spacial score (nSPS) is 9.20. The van der Waals surface area contributed by atoms with Crippen molar-refractivity contribution in [3.05, 3.63) is 30.6 Å². The van der Waals surface area contributed by atoms with Crippen LogP contribution in [0.5, 0.6) is 0 Å². The number of aromatic amines is 1. The zero-order valence-corrected chi connectivity index (χ0v) is 5.54. The number of fused-ring (bicyclic) bond motifs is 1. The maximum atomic E-state index is 4.11. The summed E-state index contributed by atoms with van der Waals surface area (Å²) in [6, 6.07) is 5.87. The molecule has 0 atom stereocenters. The lowest BCUT2D eigenvalue weighted by Crippen LogP contribution is -1.68. The predicted octanol–water partition coefficient (Wildman–Crippen LogP) is 1.72. The van der Waals surface area contributed by atoms with Gasteiger partial charge in [0.2, 0.25) is 0 Å². The minimum atomic E-state index is 0. The van der Waals surface area contributed by atoms with Crippen LogP contribution in [0.2, 0.25) is 0 Å². The van der Waals surface area contributed by atoms with Crippen LogP contribution in [0.3, 0.4) is 0 Å². The van der Waals surface area contributed by atoms with E-state index < -0.39 is 0 Å². The van der Waals surface area contributed by atoms with Gasteiger partial charge in [-0.1, -0.05) is 0 Å². The van der Waals surface area contributed by atoms with Crippen molar-refractivity contribution in [3.8, 4) is 0 Å². The summed E-state index contributed by atoms with van der Waals surface area (Å²) in [7, 11) is 0. The van der Waals surface area contributed by atoms with Crippen LogP contribution in [0, 0.1) is 0 Å². The fourth-order valence-corrected chi connectivity index (χ4v) is 0.883.